The lowest BCUT2D eigenvalue weighted by Gasteiger charge is -2.07. The van der Waals surface area contributed by atoms with Crippen molar-refractivity contribution in [1.29, 1.82) is 0 Å². The van der Waals surface area contributed by atoms with Crippen LogP contribution in [0.2, 0.25) is 0 Å². The number of hydrogen-bond donors (Lipinski definition) is 0. The number of thioether (sulfide) groups is 1. The number of rotatable bonds is 4. The summed E-state index contributed by atoms with van der Waals surface area (Å²) in [6.07, 6.45) is 0. The van der Waals surface area contributed by atoms with E-state index in [1.165, 1.54) is 0 Å². The molecule has 1 aromatic heterocycles. The summed E-state index contributed by atoms with van der Waals surface area (Å²) in [6, 6.07) is 5.94. The second-order valence-electron chi connectivity index (χ2n) is 3.83. The third kappa shape index (κ3) is 3.09. The van der Waals surface area contributed by atoms with Crippen LogP contribution in [0.1, 0.15) is 17.3 Å². The van der Waals surface area contributed by atoms with Crippen LogP contribution in [-0.2, 0) is 5.75 Å². The zero-order valence-electron chi connectivity index (χ0n) is 10.5. The Morgan fingerprint density at radius 1 is 1.39 bits per heavy atom. The number of ether oxygens (including phenoxy) is 1. The highest BCUT2D eigenvalue weighted by Gasteiger charge is 2.09. The Kier molecular flexibility index (Phi) is 4.35. The Morgan fingerprint density at radius 2 is 2.17 bits per heavy atom. The van der Waals surface area contributed by atoms with Gasteiger partial charge in [0.1, 0.15) is 11.5 Å². The molecule has 0 fully saturated rings. The van der Waals surface area contributed by atoms with Gasteiger partial charge >= 0.3 is 0 Å². The highest BCUT2D eigenvalue weighted by atomic mass is 79.9. The molecular weight excluding hydrogens is 314 g/mol. The van der Waals surface area contributed by atoms with Gasteiger partial charge in [-0.25, -0.2) is 4.98 Å². The molecular formula is C13H14BrNO2S. The van der Waals surface area contributed by atoms with Crippen molar-refractivity contribution >= 4 is 27.7 Å². The van der Waals surface area contributed by atoms with Gasteiger partial charge in [0.2, 0.25) is 5.89 Å². The van der Waals surface area contributed by atoms with Crippen molar-refractivity contribution in [3.05, 3.63) is 40.0 Å². The van der Waals surface area contributed by atoms with Crippen LogP contribution in [0, 0.1) is 13.8 Å². The average molecular weight is 328 g/mol. The van der Waals surface area contributed by atoms with Gasteiger partial charge in [-0.05, 0) is 32.0 Å². The van der Waals surface area contributed by atoms with Crippen LogP contribution in [0.4, 0.5) is 0 Å². The van der Waals surface area contributed by atoms with Gasteiger partial charge in [0.25, 0.3) is 0 Å². The SMILES string of the molecule is COc1ccc(Br)cc1SCc1nc(C)c(C)o1. The third-order valence-corrected chi connectivity index (χ3v) is 4.06. The van der Waals surface area contributed by atoms with Gasteiger partial charge in [0.15, 0.2) is 0 Å². The summed E-state index contributed by atoms with van der Waals surface area (Å²) in [7, 11) is 1.67. The molecule has 0 amide bonds. The van der Waals surface area contributed by atoms with Gasteiger partial charge in [0.05, 0.1) is 23.5 Å². The Bertz CT molecular complexity index is 534. The van der Waals surface area contributed by atoms with E-state index >= 15 is 0 Å². The Morgan fingerprint density at radius 3 is 2.78 bits per heavy atom. The predicted octanol–water partition coefficient (Wildman–Crippen LogP) is 4.35. The number of aromatic nitrogens is 1. The zero-order valence-corrected chi connectivity index (χ0v) is 12.9. The number of nitrogens with zero attached hydrogens (tertiary/aromatic N) is 1. The van der Waals surface area contributed by atoms with E-state index in [1.807, 2.05) is 32.0 Å². The number of oxazole rings is 1. The maximum atomic E-state index is 5.56. The molecule has 1 heterocycles. The monoisotopic (exact) mass is 327 g/mol. The number of methoxy groups -OCH3 is 1. The van der Waals surface area contributed by atoms with Crippen LogP contribution in [-0.4, -0.2) is 12.1 Å². The standard InChI is InChI=1S/C13H14BrNO2S/c1-8-9(2)17-13(15-8)7-18-12-6-10(14)4-5-11(12)16-3/h4-6H,7H2,1-3H3. The van der Waals surface area contributed by atoms with Crippen LogP contribution >= 0.6 is 27.7 Å². The second-order valence-corrected chi connectivity index (χ2v) is 5.77. The minimum Gasteiger partial charge on any atom is -0.496 e. The molecule has 0 aliphatic heterocycles. The molecule has 0 N–H and O–H groups in total. The van der Waals surface area contributed by atoms with Crippen LogP contribution in [0.15, 0.2) is 32.0 Å². The number of benzene rings is 1. The Labute approximate surface area is 119 Å². The maximum absolute atomic E-state index is 5.56. The van der Waals surface area contributed by atoms with Crippen molar-refractivity contribution in [2.45, 2.75) is 24.5 Å². The van der Waals surface area contributed by atoms with Crippen LogP contribution in [0.3, 0.4) is 0 Å². The Balaban J connectivity index is 2.12. The first-order chi connectivity index (χ1) is 8.60. The minimum absolute atomic E-state index is 0.696. The van der Waals surface area contributed by atoms with Crippen LogP contribution in [0.5, 0.6) is 5.75 Å². The molecule has 0 aliphatic carbocycles. The maximum Gasteiger partial charge on any atom is 0.204 e. The third-order valence-electron chi connectivity index (χ3n) is 2.55. The first kappa shape index (κ1) is 13.5. The molecule has 0 aliphatic rings. The summed E-state index contributed by atoms with van der Waals surface area (Å²) in [4.78, 5) is 5.43. The first-order valence-corrected chi connectivity index (χ1v) is 7.27. The van der Waals surface area contributed by atoms with Crippen LogP contribution < -0.4 is 4.74 Å². The summed E-state index contributed by atoms with van der Waals surface area (Å²) in [5.74, 6) is 3.19. The van der Waals surface area contributed by atoms with Crippen molar-refractivity contribution in [2.75, 3.05) is 7.11 Å². The van der Waals surface area contributed by atoms with Crippen molar-refractivity contribution in [1.82, 2.24) is 4.98 Å². The van der Waals surface area contributed by atoms with Crippen molar-refractivity contribution in [3.63, 3.8) is 0 Å². The van der Waals surface area contributed by atoms with Crippen molar-refractivity contribution in [3.8, 4) is 5.75 Å². The Hall–Kier alpha value is -0.940. The molecule has 0 radical (unpaired) electrons. The van der Waals surface area contributed by atoms with E-state index in [0.29, 0.717) is 5.75 Å². The van der Waals surface area contributed by atoms with Gasteiger partial charge in [-0.3, -0.25) is 0 Å². The number of aryl methyl sites for hydroxylation is 2. The van der Waals surface area contributed by atoms with Gasteiger partial charge in [0, 0.05) is 4.47 Å². The van der Waals surface area contributed by atoms with E-state index in [4.69, 9.17) is 9.15 Å². The minimum atomic E-state index is 0.696. The summed E-state index contributed by atoms with van der Waals surface area (Å²) in [5, 5.41) is 0. The van der Waals surface area contributed by atoms with E-state index in [1.54, 1.807) is 18.9 Å². The summed E-state index contributed by atoms with van der Waals surface area (Å²) < 4.78 is 11.9. The molecule has 0 unspecified atom stereocenters. The molecule has 5 heteroatoms. The largest absolute Gasteiger partial charge is 0.496 e. The lowest BCUT2D eigenvalue weighted by molar-refractivity contribution is 0.404. The summed E-state index contributed by atoms with van der Waals surface area (Å²) >= 11 is 5.11. The molecule has 2 rings (SSSR count). The molecule has 96 valence electrons. The molecule has 1 aromatic carbocycles. The molecule has 0 saturated heterocycles. The second kappa shape index (κ2) is 5.80. The van der Waals surface area contributed by atoms with Gasteiger partial charge in [-0.2, -0.15) is 0 Å². The normalized spacial score (nSPS) is 10.7. The van der Waals surface area contributed by atoms with Crippen molar-refractivity contribution in [2.24, 2.45) is 0 Å². The number of hydrogen-bond acceptors (Lipinski definition) is 4. The molecule has 0 spiro atoms. The lowest BCUT2D eigenvalue weighted by atomic mass is 10.3. The smallest absolute Gasteiger partial charge is 0.204 e. The van der Waals surface area contributed by atoms with Crippen molar-refractivity contribution < 1.29 is 9.15 Å². The molecule has 18 heavy (non-hydrogen) atoms. The number of halogens is 1. The predicted molar refractivity (Wildman–Crippen MR) is 76.2 cm³/mol. The summed E-state index contributed by atoms with van der Waals surface area (Å²) in [5.41, 5.74) is 0.951. The van der Waals surface area contributed by atoms with Gasteiger partial charge in [-0.15, -0.1) is 11.8 Å². The van der Waals surface area contributed by atoms with E-state index in [0.717, 1.165) is 32.5 Å². The first-order valence-electron chi connectivity index (χ1n) is 5.49. The topological polar surface area (TPSA) is 35.3 Å². The molecule has 0 atom stereocenters. The quantitative estimate of drug-likeness (QED) is 0.782. The lowest BCUT2D eigenvalue weighted by Crippen LogP contribution is -1.87. The fourth-order valence-corrected chi connectivity index (χ4v) is 2.92. The average Bonchev–Trinajstić information content (AvgIpc) is 2.66. The van der Waals surface area contributed by atoms with E-state index in [2.05, 4.69) is 20.9 Å². The van der Waals surface area contributed by atoms with Gasteiger partial charge in [-0.1, -0.05) is 15.9 Å². The van der Waals surface area contributed by atoms with E-state index in [9.17, 15) is 0 Å². The molecule has 0 bridgehead atoms. The van der Waals surface area contributed by atoms with E-state index in [-0.39, 0.29) is 0 Å². The molecule has 0 saturated carbocycles. The summed E-state index contributed by atoms with van der Waals surface area (Å²) in [6.45, 7) is 3.88. The van der Waals surface area contributed by atoms with Gasteiger partial charge < -0.3 is 9.15 Å². The highest BCUT2D eigenvalue weighted by Crippen LogP contribution is 2.33. The highest BCUT2D eigenvalue weighted by molar-refractivity contribution is 9.10. The van der Waals surface area contributed by atoms with Crippen LogP contribution in [0.25, 0.3) is 0 Å². The van der Waals surface area contributed by atoms with E-state index < -0.39 is 0 Å². The molecule has 2 aromatic rings. The fraction of sp³-hybridized carbons (Fsp3) is 0.308. The molecule has 3 nitrogen and oxygen atoms in total. The zero-order chi connectivity index (χ0) is 13.1. The fourth-order valence-electron chi connectivity index (χ4n) is 1.50.